The van der Waals surface area contributed by atoms with Crippen molar-refractivity contribution in [3.63, 3.8) is 0 Å². The first-order valence-electron chi connectivity index (χ1n) is 10.2. The van der Waals surface area contributed by atoms with Crippen molar-refractivity contribution in [2.45, 2.75) is 6.92 Å². The zero-order chi connectivity index (χ0) is 22.5. The molecule has 0 unspecified atom stereocenters. The van der Waals surface area contributed by atoms with Crippen molar-refractivity contribution in [2.75, 3.05) is 27.9 Å². The minimum atomic E-state index is 0.679. The van der Waals surface area contributed by atoms with E-state index in [2.05, 4.69) is 34.6 Å². The summed E-state index contributed by atoms with van der Waals surface area (Å²) in [5.41, 5.74) is 2.89. The van der Waals surface area contributed by atoms with Crippen LogP contribution in [-0.2, 0) is 0 Å². The molecule has 7 heteroatoms. The predicted molar refractivity (Wildman–Crippen MR) is 130 cm³/mol. The third-order valence-electron chi connectivity index (χ3n) is 5.07. The lowest BCUT2D eigenvalue weighted by Gasteiger charge is -2.08. The van der Waals surface area contributed by atoms with E-state index in [4.69, 9.17) is 19.3 Å². The number of hydrogen-bond acceptors (Lipinski definition) is 6. The van der Waals surface area contributed by atoms with E-state index in [1.165, 1.54) is 0 Å². The third-order valence-corrected chi connectivity index (χ3v) is 5.93. The van der Waals surface area contributed by atoms with Gasteiger partial charge in [0.05, 0.1) is 33.2 Å². The molecule has 0 spiro atoms. The van der Waals surface area contributed by atoms with Crippen LogP contribution in [0.15, 0.2) is 70.1 Å². The van der Waals surface area contributed by atoms with Gasteiger partial charge in [-0.05, 0) is 48.0 Å². The zero-order valence-electron chi connectivity index (χ0n) is 18.5. The van der Waals surface area contributed by atoms with E-state index >= 15 is 0 Å². The number of nitrogens with zero attached hydrogens (tertiary/aromatic N) is 3. The first-order valence-corrected chi connectivity index (χ1v) is 11.1. The summed E-state index contributed by atoms with van der Waals surface area (Å²) >= 11 is 1.57. The van der Waals surface area contributed by atoms with E-state index in [-0.39, 0.29) is 0 Å². The van der Waals surface area contributed by atoms with Crippen molar-refractivity contribution >= 4 is 28.3 Å². The molecule has 164 valence electrons. The van der Waals surface area contributed by atoms with Crippen LogP contribution in [0.4, 0.5) is 0 Å². The second-order valence-electron chi connectivity index (χ2n) is 6.97. The maximum absolute atomic E-state index is 5.51. The quantitative estimate of drug-likeness (QED) is 0.366. The second-order valence-corrected chi connectivity index (χ2v) is 7.81. The maximum Gasteiger partial charge on any atom is 0.206 e. The molecular formula is C25H25N3O3S. The molecule has 0 aliphatic rings. The van der Waals surface area contributed by atoms with Gasteiger partial charge in [-0.15, -0.1) is 11.3 Å². The summed E-state index contributed by atoms with van der Waals surface area (Å²) in [5.74, 6) is 2.27. The Balaban J connectivity index is 1.79. The fourth-order valence-electron chi connectivity index (χ4n) is 3.41. The smallest absolute Gasteiger partial charge is 0.206 e. The van der Waals surface area contributed by atoms with Crippen LogP contribution in [0.3, 0.4) is 0 Å². The molecule has 0 fully saturated rings. The van der Waals surface area contributed by atoms with Crippen molar-refractivity contribution in [2.24, 2.45) is 10.1 Å². The molecule has 0 saturated heterocycles. The van der Waals surface area contributed by atoms with Crippen LogP contribution in [-0.4, -0.2) is 38.8 Å². The molecule has 0 amide bonds. The van der Waals surface area contributed by atoms with Gasteiger partial charge in [-0.2, -0.15) is 5.10 Å². The molecule has 0 saturated carbocycles. The number of rotatable bonds is 7. The molecule has 3 aromatic carbocycles. The van der Waals surface area contributed by atoms with Gasteiger partial charge in [0.15, 0.2) is 0 Å². The van der Waals surface area contributed by atoms with E-state index in [0.717, 1.165) is 43.9 Å². The number of aromatic nitrogens is 1. The average Bonchev–Trinajstić information content (AvgIpc) is 3.24. The third kappa shape index (κ3) is 4.38. The molecule has 1 heterocycles. The van der Waals surface area contributed by atoms with E-state index in [1.807, 2.05) is 41.9 Å². The highest BCUT2D eigenvalue weighted by Crippen LogP contribution is 2.28. The molecule has 0 N–H and O–H groups in total. The maximum atomic E-state index is 5.51. The first-order chi connectivity index (χ1) is 15.7. The molecule has 0 aliphatic heterocycles. The number of hydrogen-bond donors (Lipinski definition) is 0. The van der Waals surface area contributed by atoms with Crippen LogP contribution < -0.4 is 19.0 Å². The number of benzene rings is 3. The van der Waals surface area contributed by atoms with E-state index in [1.54, 1.807) is 38.9 Å². The number of thiazole rings is 1. The summed E-state index contributed by atoms with van der Waals surface area (Å²) < 4.78 is 18.0. The molecule has 0 bridgehead atoms. The Morgan fingerprint density at radius 3 is 2.34 bits per heavy atom. The van der Waals surface area contributed by atoms with Gasteiger partial charge in [-0.1, -0.05) is 18.2 Å². The molecule has 6 nitrogen and oxygen atoms in total. The molecule has 4 aromatic rings. The Morgan fingerprint density at radius 2 is 1.59 bits per heavy atom. The molecule has 4 rings (SSSR count). The standard InChI is InChI=1S/C25H25N3O3S/c1-5-26-25-28(27-15-20-9-11-22(30-3)14-24(20)31-4)23(16-32-25)19-7-6-18-13-21(29-2)10-8-17(18)12-19/h6-16H,5H2,1-4H3. The molecule has 0 radical (unpaired) electrons. The summed E-state index contributed by atoms with van der Waals surface area (Å²) in [5, 5.41) is 9.12. The number of ether oxygens (including phenoxy) is 3. The van der Waals surface area contributed by atoms with Crippen molar-refractivity contribution < 1.29 is 14.2 Å². The predicted octanol–water partition coefficient (Wildman–Crippen LogP) is 5.20. The van der Waals surface area contributed by atoms with Crippen molar-refractivity contribution in [1.82, 2.24) is 4.68 Å². The Morgan fingerprint density at radius 1 is 0.875 bits per heavy atom. The summed E-state index contributed by atoms with van der Waals surface area (Å²) in [6.45, 7) is 2.70. The van der Waals surface area contributed by atoms with Gasteiger partial charge in [-0.3, -0.25) is 4.99 Å². The van der Waals surface area contributed by atoms with Gasteiger partial charge in [0.2, 0.25) is 4.80 Å². The summed E-state index contributed by atoms with van der Waals surface area (Å²) in [7, 11) is 4.95. The Bertz CT molecular complexity index is 1340. The van der Waals surface area contributed by atoms with Gasteiger partial charge in [0.1, 0.15) is 17.2 Å². The number of methoxy groups -OCH3 is 3. The highest BCUT2D eigenvalue weighted by atomic mass is 32.1. The molecule has 32 heavy (non-hydrogen) atoms. The Hall–Kier alpha value is -3.58. The largest absolute Gasteiger partial charge is 0.497 e. The minimum Gasteiger partial charge on any atom is -0.497 e. The van der Waals surface area contributed by atoms with Crippen molar-refractivity contribution in [3.05, 3.63) is 70.3 Å². The molecule has 1 aromatic heterocycles. The SMILES string of the molecule is CCN=c1scc(-c2ccc3cc(OC)ccc3c2)n1N=Cc1ccc(OC)cc1OC. The van der Waals surface area contributed by atoms with Crippen LogP contribution in [0.25, 0.3) is 22.0 Å². The summed E-state index contributed by atoms with van der Waals surface area (Å²) in [6, 6.07) is 18.1. The summed E-state index contributed by atoms with van der Waals surface area (Å²) in [4.78, 5) is 5.45. The van der Waals surface area contributed by atoms with E-state index in [0.29, 0.717) is 12.3 Å². The van der Waals surface area contributed by atoms with Crippen molar-refractivity contribution in [3.8, 4) is 28.5 Å². The van der Waals surface area contributed by atoms with Gasteiger partial charge < -0.3 is 14.2 Å². The first kappa shape index (κ1) is 21.6. The van der Waals surface area contributed by atoms with Gasteiger partial charge in [0, 0.05) is 29.1 Å². The molecule has 0 atom stereocenters. The van der Waals surface area contributed by atoms with Crippen LogP contribution in [0.5, 0.6) is 17.2 Å². The average molecular weight is 448 g/mol. The van der Waals surface area contributed by atoms with Gasteiger partial charge in [0.25, 0.3) is 0 Å². The zero-order valence-corrected chi connectivity index (χ0v) is 19.3. The van der Waals surface area contributed by atoms with E-state index in [9.17, 15) is 0 Å². The summed E-state index contributed by atoms with van der Waals surface area (Å²) in [6.07, 6.45) is 1.79. The van der Waals surface area contributed by atoms with E-state index < -0.39 is 0 Å². The Labute approximate surface area is 191 Å². The van der Waals surface area contributed by atoms with Crippen molar-refractivity contribution in [1.29, 1.82) is 0 Å². The molecular weight excluding hydrogens is 422 g/mol. The lowest BCUT2D eigenvalue weighted by molar-refractivity contribution is 0.394. The lowest BCUT2D eigenvalue weighted by atomic mass is 10.1. The van der Waals surface area contributed by atoms with Crippen LogP contribution in [0.2, 0.25) is 0 Å². The van der Waals surface area contributed by atoms with Crippen LogP contribution in [0, 0.1) is 0 Å². The van der Waals surface area contributed by atoms with Crippen LogP contribution >= 0.6 is 11.3 Å². The van der Waals surface area contributed by atoms with Gasteiger partial charge in [-0.25, -0.2) is 4.68 Å². The fourth-order valence-corrected chi connectivity index (χ4v) is 4.31. The second kappa shape index (κ2) is 9.70. The topological polar surface area (TPSA) is 57.3 Å². The van der Waals surface area contributed by atoms with Crippen LogP contribution in [0.1, 0.15) is 12.5 Å². The fraction of sp³-hybridized carbons (Fsp3) is 0.200. The highest BCUT2D eigenvalue weighted by Gasteiger charge is 2.10. The monoisotopic (exact) mass is 447 g/mol. The Kier molecular flexibility index (Phi) is 6.56. The highest BCUT2D eigenvalue weighted by molar-refractivity contribution is 7.07. The lowest BCUT2D eigenvalue weighted by Crippen LogP contribution is -2.12. The minimum absolute atomic E-state index is 0.679. The van der Waals surface area contributed by atoms with Gasteiger partial charge >= 0.3 is 0 Å². The molecule has 0 aliphatic carbocycles. The normalized spacial score (nSPS) is 11.9. The number of fused-ring (bicyclic) bond motifs is 1.